The highest BCUT2D eigenvalue weighted by Gasteiger charge is 2.45. The van der Waals surface area contributed by atoms with Gasteiger partial charge in [-0.15, -0.1) is 0 Å². The number of fused-ring (bicyclic) bond motifs is 3. The lowest BCUT2D eigenvalue weighted by Gasteiger charge is -2.20. The Morgan fingerprint density at radius 1 is 0.944 bits per heavy atom. The first kappa shape index (κ1) is 23.1. The zero-order chi connectivity index (χ0) is 25.4. The van der Waals surface area contributed by atoms with Gasteiger partial charge >= 0.3 is 5.63 Å². The monoisotopic (exact) mass is 489 g/mol. The molecule has 0 bridgehead atoms. The Balaban J connectivity index is 1.67. The molecule has 0 radical (unpaired) electrons. The van der Waals surface area contributed by atoms with E-state index >= 15 is 0 Å². The summed E-state index contributed by atoms with van der Waals surface area (Å²) in [6, 6.07) is 16.9. The third-order valence-electron chi connectivity index (χ3n) is 6.11. The summed E-state index contributed by atoms with van der Waals surface area (Å²) in [5.41, 5.74) is 0.865. The van der Waals surface area contributed by atoms with Crippen LogP contribution in [0.4, 0.5) is 5.69 Å². The summed E-state index contributed by atoms with van der Waals surface area (Å²) >= 11 is 0. The van der Waals surface area contributed by atoms with Gasteiger partial charge in [-0.3, -0.25) is 4.79 Å². The summed E-state index contributed by atoms with van der Waals surface area (Å²) in [5.74, 6) is -0.493. The highest BCUT2D eigenvalue weighted by atomic mass is 16.5. The molecular weight excluding hydrogens is 466 g/mol. The van der Waals surface area contributed by atoms with Gasteiger partial charge in [0, 0.05) is 11.8 Å². The molecule has 2 atom stereocenters. The average molecular weight is 489 g/mol. The van der Waals surface area contributed by atoms with Crippen molar-refractivity contribution in [3.8, 4) is 28.7 Å². The first-order valence-electron chi connectivity index (χ1n) is 11.1. The van der Waals surface area contributed by atoms with Crippen molar-refractivity contribution >= 4 is 22.6 Å². The van der Waals surface area contributed by atoms with Crippen LogP contribution < -0.4 is 29.9 Å². The Labute approximate surface area is 205 Å². The molecular formula is C27H23NO8. The van der Waals surface area contributed by atoms with Crippen molar-refractivity contribution in [2.45, 2.75) is 12.0 Å². The van der Waals surface area contributed by atoms with E-state index in [-0.39, 0.29) is 28.6 Å². The van der Waals surface area contributed by atoms with Gasteiger partial charge in [-0.25, -0.2) is 4.79 Å². The van der Waals surface area contributed by atoms with Gasteiger partial charge in [-0.2, -0.15) is 0 Å². The standard InChI is InChI=1S/C27H23NO8/c1-32-16-8-6-7-15(13-16)28-26(30)25-21(14-11-19(33-2)23(29)20(12-14)34-3)22-24(36-25)17-9-4-5-10-18(17)35-27(22)31/h4-13,21,25,29H,1-3H3,(H,28,30)/t21-,25+/m1/s1. The van der Waals surface area contributed by atoms with Crippen molar-refractivity contribution in [3.05, 3.63) is 82.2 Å². The third-order valence-corrected chi connectivity index (χ3v) is 6.11. The number of anilines is 1. The van der Waals surface area contributed by atoms with Crippen LogP contribution in [0.2, 0.25) is 0 Å². The summed E-state index contributed by atoms with van der Waals surface area (Å²) in [6.07, 6.45) is -1.14. The topological polar surface area (TPSA) is 116 Å². The van der Waals surface area contributed by atoms with E-state index in [1.54, 1.807) is 60.7 Å². The fraction of sp³-hybridized carbons (Fsp3) is 0.185. The molecule has 0 saturated heterocycles. The minimum absolute atomic E-state index is 0.120. The van der Waals surface area contributed by atoms with E-state index in [0.29, 0.717) is 28.0 Å². The molecule has 1 aliphatic heterocycles. The van der Waals surface area contributed by atoms with Crippen molar-refractivity contribution in [1.82, 2.24) is 0 Å². The maximum Gasteiger partial charge on any atom is 0.344 e. The first-order valence-corrected chi connectivity index (χ1v) is 11.1. The van der Waals surface area contributed by atoms with Gasteiger partial charge in [0.1, 0.15) is 17.1 Å². The quantitative estimate of drug-likeness (QED) is 0.390. The Bertz CT molecular complexity index is 1500. The van der Waals surface area contributed by atoms with Crippen LogP contribution in [0.1, 0.15) is 17.0 Å². The number of benzene rings is 3. The summed E-state index contributed by atoms with van der Waals surface area (Å²) in [7, 11) is 4.32. The molecule has 4 aromatic rings. The van der Waals surface area contributed by atoms with Crippen LogP contribution in [0.15, 0.2) is 69.9 Å². The average Bonchev–Trinajstić information content (AvgIpc) is 3.31. The fourth-order valence-electron chi connectivity index (χ4n) is 4.43. The molecule has 9 nitrogen and oxygen atoms in total. The Kier molecular flexibility index (Phi) is 5.89. The van der Waals surface area contributed by atoms with Crippen molar-refractivity contribution in [2.24, 2.45) is 0 Å². The molecule has 2 heterocycles. The van der Waals surface area contributed by atoms with Gasteiger partial charge in [0.2, 0.25) is 5.75 Å². The van der Waals surface area contributed by atoms with Crippen molar-refractivity contribution in [2.75, 3.05) is 26.6 Å². The van der Waals surface area contributed by atoms with Gasteiger partial charge in [0.15, 0.2) is 17.6 Å². The number of carbonyl (C=O) groups excluding carboxylic acids is 1. The van der Waals surface area contributed by atoms with Gasteiger partial charge in [-0.1, -0.05) is 18.2 Å². The summed E-state index contributed by atoms with van der Waals surface area (Å²) in [4.78, 5) is 26.8. The normalized spacial score (nSPS) is 16.2. The largest absolute Gasteiger partial charge is 0.502 e. The Morgan fingerprint density at radius 2 is 1.67 bits per heavy atom. The van der Waals surface area contributed by atoms with Crippen LogP contribution in [0.5, 0.6) is 28.7 Å². The summed E-state index contributed by atoms with van der Waals surface area (Å²) < 4.78 is 27.6. The fourth-order valence-corrected chi connectivity index (χ4v) is 4.43. The van der Waals surface area contributed by atoms with Gasteiger partial charge in [-0.05, 0) is 42.0 Å². The van der Waals surface area contributed by atoms with E-state index < -0.39 is 23.6 Å². The van der Waals surface area contributed by atoms with E-state index in [9.17, 15) is 14.7 Å². The van der Waals surface area contributed by atoms with Crippen LogP contribution in [0.25, 0.3) is 11.0 Å². The van der Waals surface area contributed by atoms with Crippen molar-refractivity contribution in [3.63, 3.8) is 0 Å². The van der Waals surface area contributed by atoms with Gasteiger partial charge in [0.05, 0.1) is 38.2 Å². The van der Waals surface area contributed by atoms with E-state index in [2.05, 4.69) is 5.32 Å². The SMILES string of the molecule is COc1cccc(NC(=O)[C@H]2Oc3c(c(=O)oc4ccccc34)[C@H]2c2cc(OC)c(O)c(OC)c2)c1. The maximum atomic E-state index is 13.6. The number of hydrogen-bond donors (Lipinski definition) is 2. The maximum absolute atomic E-state index is 13.6. The molecule has 1 aliphatic rings. The minimum atomic E-state index is -1.14. The van der Waals surface area contributed by atoms with E-state index in [0.717, 1.165) is 0 Å². The van der Waals surface area contributed by atoms with Gasteiger partial charge in [0.25, 0.3) is 5.91 Å². The van der Waals surface area contributed by atoms with E-state index in [1.807, 2.05) is 0 Å². The number of phenolic OH excluding ortho intramolecular Hbond substituents is 1. The molecule has 0 fully saturated rings. The Morgan fingerprint density at radius 3 is 2.36 bits per heavy atom. The number of nitrogens with one attached hydrogen (secondary N) is 1. The molecule has 5 rings (SSSR count). The molecule has 0 aliphatic carbocycles. The second-order valence-electron chi connectivity index (χ2n) is 8.14. The van der Waals surface area contributed by atoms with Crippen molar-refractivity contribution < 1.29 is 33.3 Å². The molecule has 9 heteroatoms. The van der Waals surface area contributed by atoms with Crippen LogP contribution in [0, 0.1) is 0 Å². The number of rotatable bonds is 6. The smallest absolute Gasteiger partial charge is 0.344 e. The molecule has 3 aromatic carbocycles. The van der Waals surface area contributed by atoms with Crippen LogP contribution in [0.3, 0.4) is 0 Å². The zero-order valence-corrected chi connectivity index (χ0v) is 19.7. The number of para-hydroxylation sites is 1. The lowest BCUT2D eigenvalue weighted by atomic mass is 9.87. The lowest BCUT2D eigenvalue weighted by Crippen LogP contribution is -2.35. The predicted molar refractivity (Wildman–Crippen MR) is 132 cm³/mol. The number of methoxy groups -OCH3 is 3. The van der Waals surface area contributed by atoms with Gasteiger partial charge < -0.3 is 33.8 Å². The van der Waals surface area contributed by atoms with Crippen LogP contribution >= 0.6 is 0 Å². The number of carbonyl (C=O) groups is 1. The van der Waals surface area contributed by atoms with Crippen LogP contribution in [-0.2, 0) is 4.79 Å². The second-order valence-corrected chi connectivity index (χ2v) is 8.14. The lowest BCUT2D eigenvalue weighted by molar-refractivity contribution is -0.122. The predicted octanol–water partition coefficient (Wildman–Crippen LogP) is 4.06. The van der Waals surface area contributed by atoms with E-state index in [1.165, 1.54) is 21.3 Å². The molecule has 0 spiro atoms. The minimum Gasteiger partial charge on any atom is -0.502 e. The molecule has 184 valence electrons. The third kappa shape index (κ3) is 3.84. The molecule has 0 saturated carbocycles. The number of phenols is 1. The molecule has 1 amide bonds. The number of aromatic hydroxyl groups is 1. The number of amides is 1. The highest BCUT2D eigenvalue weighted by Crippen LogP contribution is 2.48. The summed E-state index contributed by atoms with van der Waals surface area (Å²) in [6.45, 7) is 0. The van der Waals surface area contributed by atoms with Crippen molar-refractivity contribution in [1.29, 1.82) is 0 Å². The summed E-state index contributed by atoms with van der Waals surface area (Å²) in [5, 5.41) is 13.8. The zero-order valence-electron chi connectivity index (χ0n) is 19.7. The van der Waals surface area contributed by atoms with Crippen LogP contribution in [-0.4, -0.2) is 38.4 Å². The molecule has 36 heavy (non-hydrogen) atoms. The highest BCUT2D eigenvalue weighted by molar-refractivity contribution is 5.98. The second kappa shape index (κ2) is 9.18. The molecule has 1 aromatic heterocycles. The molecule has 0 unspecified atom stereocenters. The molecule has 2 N–H and O–H groups in total. The number of ether oxygens (including phenoxy) is 4. The first-order chi connectivity index (χ1) is 17.4. The Hall–Kier alpha value is -4.66. The van der Waals surface area contributed by atoms with E-state index in [4.69, 9.17) is 23.4 Å². The number of hydrogen-bond acceptors (Lipinski definition) is 8.